The summed E-state index contributed by atoms with van der Waals surface area (Å²) in [5.74, 6) is 0.484. The van der Waals surface area contributed by atoms with Crippen LogP contribution in [-0.2, 0) is 4.74 Å². The summed E-state index contributed by atoms with van der Waals surface area (Å²) >= 11 is 3.45. The molecule has 3 rings (SSSR count). The molecule has 1 aromatic heterocycles. The average molecular weight is 443 g/mol. The zero-order valence-corrected chi connectivity index (χ0v) is 17.8. The summed E-state index contributed by atoms with van der Waals surface area (Å²) in [7, 11) is 1.64. The summed E-state index contributed by atoms with van der Waals surface area (Å²) in [6, 6.07) is 13.8. The van der Waals surface area contributed by atoms with E-state index < -0.39 is 0 Å². The fourth-order valence-corrected chi connectivity index (χ4v) is 3.09. The smallest absolute Gasteiger partial charge is 0.290 e. The van der Waals surface area contributed by atoms with Crippen LogP contribution in [0.5, 0.6) is 0 Å². The standard InChI is InChI=1S/C21H23BrN4O2/c1-14-6-4-7-18(15(14)2)26-20(16-8-10-17(22)11-9-16)24-19(25-26)21(27)23-12-5-13-28-3/h4,6-11H,5,12-13H2,1-3H3,(H,23,27). The van der Waals surface area contributed by atoms with E-state index in [1.54, 1.807) is 11.8 Å². The summed E-state index contributed by atoms with van der Waals surface area (Å²) in [4.78, 5) is 17.1. The van der Waals surface area contributed by atoms with Crippen molar-refractivity contribution >= 4 is 21.8 Å². The van der Waals surface area contributed by atoms with Crippen LogP contribution in [0.25, 0.3) is 17.1 Å². The second-order valence-electron chi connectivity index (χ2n) is 6.50. The van der Waals surface area contributed by atoms with Gasteiger partial charge in [0.15, 0.2) is 5.82 Å². The predicted octanol–water partition coefficient (Wildman–Crippen LogP) is 4.08. The molecule has 0 saturated heterocycles. The Bertz CT molecular complexity index is 967. The average Bonchev–Trinajstić information content (AvgIpc) is 3.13. The third-order valence-corrected chi connectivity index (χ3v) is 5.06. The van der Waals surface area contributed by atoms with E-state index in [-0.39, 0.29) is 11.7 Å². The lowest BCUT2D eigenvalue weighted by Crippen LogP contribution is -2.26. The molecule has 28 heavy (non-hydrogen) atoms. The Hall–Kier alpha value is -2.51. The van der Waals surface area contributed by atoms with Crippen molar-refractivity contribution in [1.29, 1.82) is 0 Å². The lowest BCUT2D eigenvalue weighted by atomic mass is 10.1. The van der Waals surface area contributed by atoms with Crippen LogP contribution in [0.4, 0.5) is 0 Å². The van der Waals surface area contributed by atoms with E-state index in [9.17, 15) is 4.79 Å². The number of nitrogens with one attached hydrogen (secondary N) is 1. The van der Waals surface area contributed by atoms with Gasteiger partial charge in [0.2, 0.25) is 5.82 Å². The zero-order valence-electron chi connectivity index (χ0n) is 16.2. The number of halogens is 1. The highest BCUT2D eigenvalue weighted by Gasteiger charge is 2.19. The Balaban J connectivity index is 2.01. The van der Waals surface area contributed by atoms with E-state index in [0.717, 1.165) is 33.3 Å². The largest absolute Gasteiger partial charge is 0.385 e. The van der Waals surface area contributed by atoms with Gasteiger partial charge in [-0.05, 0) is 49.6 Å². The van der Waals surface area contributed by atoms with E-state index in [1.807, 2.05) is 43.3 Å². The first-order valence-corrected chi connectivity index (χ1v) is 9.87. The van der Waals surface area contributed by atoms with Gasteiger partial charge in [0.1, 0.15) is 0 Å². The molecule has 0 unspecified atom stereocenters. The van der Waals surface area contributed by atoms with Gasteiger partial charge in [-0.1, -0.05) is 40.2 Å². The van der Waals surface area contributed by atoms with E-state index in [1.165, 1.54) is 0 Å². The molecule has 1 heterocycles. The van der Waals surface area contributed by atoms with Crippen molar-refractivity contribution in [2.24, 2.45) is 0 Å². The molecule has 1 amide bonds. The van der Waals surface area contributed by atoms with Crippen LogP contribution < -0.4 is 5.32 Å². The van der Waals surface area contributed by atoms with Gasteiger partial charge in [0.25, 0.3) is 5.91 Å². The molecule has 0 aliphatic heterocycles. The first-order chi connectivity index (χ1) is 13.5. The topological polar surface area (TPSA) is 69.0 Å². The van der Waals surface area contributed by atoms with Crippen LogP contribution in [0.15, 0.2) is 46.9 Å². The Labute approximate surface area is 173 Å². The number of aryl methyl sites for hydroxylation is 1. The van der Waals surface area contributed by atoms with Gasteiger partial charge in [-0.2, -0.15) is 0 Å². The van der Waals surface area contributed by atoms with Gasteiger partial charge in [0, 0.05) is 30.3 Å². The summed E-state index contributed by atoms with van der Waals surface area (Å²) < 4.78 is 7.73. The maximum Gasteiger partial charge on any atom is 0.290 e. The molecule has 0 aliphatic rings. The van der Waals surface area contributed by atoms with Gasteiger partial charge in [0.05, 0.1) is 5.69 Å². The van der Waals surface area contributed by atoms with Crippen molar-refractivity contribution in [2.75, 3.05) is 20.3 Å². The van der Waals surface area contributed by atoms with Crippen molar-refractivity contribution in [1.82, 2.24) is 20.1 Å². The van der Waals surface area contributed by atoms with Crippen LogP contribution in [0.2, 0.25) is 0 Å². The number of benzene rings is 2. The van der Waals surface area contributed by atoms with Crippen molar-refractivity contribution in [3.05, 3.63) is 63.9 Å². The highest BCUT2D eigenvalue weighted by molar-refractivity contribution is 9.10. The number of carbonyl (C=O) groups is 1. The fraction of sp³-hybridized carbons (Fsp3) is 0.286. The third kappa shape index (κ3) is 4.48. The van der Waals surface area contributed by atoms with E-state index in [2.05, 4.69) is 44.3 Å². The highest BCUT2D eigenvalue weighted by atomic mass is 79.9. The van der Waals surface area contributed by atoms with Gasteiger partial charge < -0.3 is 10.1 Å². The van der Waals surface area contributed by atoms with Crippen molar-refractivity contribution in [2.45, 2.75) is 20.3 Å². The van der Waals surface area contributed by atoms with E-state index in [0.29, 0.717) is 19.0 Å². The number of aromatic nitrogens is 3. The number of hydrogen-bond donors (Lipinski definition) is 1. The Kier molecular flexibility index (Phi) is 6.59. The number of hydrogen-bond acceptors (Lipinski definition) is 4. The number of methoxy groups -OCH3 is 1. The molecule has 0 radical (unpaired) electrons. The minimum atomic E-state index is -0.293. The first-order valence-electron chi connectivity index (χ1n) is 9.08. The number of nitrogens with zero attached hydrogens (tertiary/aromatic N) is 3. The van der Waals surface area contributed by atoms with E-state index in [4.69, 9.17) is 4.74 Å². The van der Waals surface area contributed by atoms with E-state index >= 15 is 0 Å². The van der Waals surface area contributed by atoms with Gasteiger partial charge in [-0.3, -0.25) is 4.79 Å². The first kappa shape index (κ1) is 20.2. The third-order valence-electron chi connectivity index (χ3n) is 4.53. The highest BCUT2D eigenvalue weighted by Crippen LogP contribution is 2.25. The Morgan fingerprint density at radius 1 is 1.18 bits per heavy atom. The van der Waals surface area contributed by atoms with Gasteiger partial charge in [-0.25, -0.2) is 9.67 Å². The summed E-state index contributed by atoms with van der Waals surface area (Å²) in [6.07, 6.45) is 0.736. The lowest BCUT2D eigenvalue weighted by Gasteiger charge is -2.11. The molecular weight excluding hydrogens is 420 g/mol. The second-order valence-corrected chi connectivity index (χ2v) is 7.41. The number of carbonyl (C=O) groups excluding carboxylic acids is 1. The molecule has 0 atom stereocenters. The van der Waals surface area contributed by atoms with Gasteiger partial charge in [-0.15, -0.1) is 5.10 Å². The van der Waals surface area contributed by atoms with Crippen LogP contribution in [-0.4, -0.2) is 40.9 Å². The minimum absolute atomic E-state index is 0.149. The second kappa shape index (κ2) is 9.12. The molecule has 0 bridgehead atoms. The van der Waals surface area contributed by atoms with Gasteiger partial charge >= 0.3 is 0 Å². The van der Waals surface area contributed by atoms with Crippen LogP contribution in [0, 0.1) is 13.8 Å². The quantitative estimate of drug-likeness (QED) is 0.559. The Morgan fingerprint density at radius 2 is 1.93 bits per heavy atom. The molecule has 2 aromatic carbocycles. The molecule has 146 valence electrons. The number of amides is 1. The normalized spacial score (nSPS) is 10.9. The Morgan fingerprint density at radius 3 is 2.64 bits per heavy atom. The molecule has 0 saturated carbocycles. The molecule has 0 aliphatic carbocycles. The van der Waals surface area contributed by atoms with Crippen molar-refractivity contribution < 1.29 is 9.53 Å². The predicted molar refractivity (Wildman–Crippen MR) is 113 cm³/mol. The maximum absolute atomic E-state index is 12.5. The van der Waals surface area contributed by atoms with Crippen molar-refractivity contribution in [3.8, 4) is 17.1 Å². The molecule has 7 heteroatoms. The van der Waals surface area contributed by atoms with Crippen LogP contribution in [0.3, 0.4) is 0 Å². The van der Waals surface area contributed by atoms with Crippen LogP contribution >= 0.6 is 15.9 Å². The molecule has 3 aromatic rings. The lowest BCUT2D eigenvalue weighted by molar-refractivity contribution is 0.0938. The number of ether oxygens (including phenoxy) is 1. The SMILES string of the molecule is COCCCNC(=O)c1nc(-c2ccc(Br)cc2)n(-c2cccc(C)c2C)n1. The summed E-state index contributed by atoms with van der Waals surface area (Å²) in [5, 5.41) is 7.38. The molecule has 0 fully saturated rings. The molecular formula is C21H23BrN4O2. The zero-order chi connectivity index (χ0) is 20.1. The van der Waals surface area contributed by atoms with Crippen molar-refractivity contribution in [3.63, 3.8) is 0 Å². The molecule has 0 spiro atoms. The summed E-state index contributed by atoms with van der Waals surface area (Å²) in [6.45, 7) is 5.20. The number of rotatable bonds is 7. The molecule has 1 N–H and O–H groups in total. The minimum Gasteiger partial charge on any atom is -0.385 e. The maximum atomic E-state index is 12.5. The van der Waals surface area contributed by atoms with Crippen LogP contribution in [0.1, 0.15) is 28.2 Å². The summed E-state index contributed by atoms with van der Waals surface area (Å²) in [5.41, 5.74) is 4.04. The fourth-order valence-electron chi connectivity index (χ4n) is 2.82. The molecule has 6 nitrogen and oxygen atoms in total. The monoisotopic (exact) mass is 442 g/mol.